The number of hydrogen-bond acceptors (Lipinski definition) is 6. The zero-order chi connectivity index (χ0) is 23.3. The normalized spacial score (nSPS) is 16.3. The number of ether oxygens (including phenoxy) is 2. The number of rotatable bonds is 6. The molecule has 4 aromatic rings. The maximum absolute atomic E-state index is 13.6. The van der Waals surface area contributed by atoms with Crippen molar-refractivity contribution >= 4 is 28.4 Å². The van der Waals surface area contributed by atoms with Crippen molar-refractivity contribution in [2.75, 3.05) is 38.7 Å². The SMILES string of the molecule is COc1ccc(Nc2ncccc2C(=O)N2CCOCC(Cc3ccc4ccoc4c3)C2)cc1. The Morgan fingerprint density at radius 1 is 1.18 bits per heavy atom. The van der Waals surface area contributed by atoms with E-state index in [0.29, 0.717) is 37.7 Å². The molecule has 174 valence electrons. The number of benzene rings is 2. The third-order valence-corrected chi connectivity index (χ3v) is 6.06. The highest BCUT2D eigenvalue weighted by molar-refractivity contribution is 5.99. The van der Waals surface area contributed by atoms with Crippen molar-refractivity contribution in [2.24, 2.45) is 5.92 Å². The number of carbonyl (C=O) groups is 1. The Balaban J connectivity index is 1.32. The van der Waals surface area contributed by atoms with Crippen molar-refractivity contribution in [3.8, 4) is 5.75 Å². The number of amides is 1. The number of nitrogens with one attached hydrogen (secondary N) is 1. The molecule has 1 saturated heterocycles. The average Bonchev–Trinajstić information content (AvgIpc) is 3.21. The summed E-state index contributed by atoms with van der Waals surface area (Å²) >= 11 is 0. The summed E-state index contributed by atoms with van der Waals surface area (Å²) in [6, 6.07) is 19.3. The van der Waals surface area contributed by atoms with Crippen LogP contribution in [0.5, 0.6) is 5.75 Å². The lowest BCUT2D eigenvalue weighted by Gasteiger charge is -2.24. The Kier molecular flexibility index (Phi) is 6.44. The van der Waals surface area contributed by atoms with Gasteiger partial charge in [-0.3, -0.25) is 4.79 Å². The fourth-order valence-electron chi connectivity index (χ4n) is 4.31. The highest BCUT2D eigenvalue weighted by Gasteiger charge is 2.25. The van der Waals surface area contributed by atoms with Crippen LogP contribution in [0.25, 0.3) is 11.0 Å². The van der Waals surface area contributed by atoms with Gasteiger partial charge in [-0.15, -0.1) is 0 Å². The van der Waals surface area contributed by atoms with Gasteiger partial charge in [0, 0.05) is 36.3 Å². The van der Waals surface area contributed by atoms with Crippen LogP contribution in [0.1, 0.15) is 15.9 Å². The number of carbonyl (C=O) groups excluding carboxylic acids is 1. The molecule has 7 heteroatoms. The van der Waals surface area contributed by atoms with E-state index in [1.54, 1.807) is 25.6 Å². The maximum atomic E-state index is 13.6. The second kappa shape index (κ2) is 9.97. The van der Waals surface area contributed by atoms with E-state index in [0.717, 1.165) is 28.8 Å². The number of nitrogens with zero attached hydrogens (tertiary/aromatic N) is 2. The van der Waals surface area contributed by atoms with Gasteiger partial charge in [0.2, 0.25) is 0 Å². The molecule has 1 fully saturated rings. The van der Waals surface area contributed by atoms with E-state index < -0.39 is 0 Å². The predicted molar refractivity (Wildman–Crippen MR) is 131 cm³/mol. The van der Waals surface area contributed by atoms with Gasteiger partial charge in [0.15, 0.2) is 0 Å². The molecule has 1 aliphatic rings. The van der Waals surface area contributed by atoms with Crippen LogP contribution in [-0.4, -0.2) is 49.2 Å². The molecule has 2 aromatic heterocycles. The topological polar surface area (TPSA) is 76.8 Å². The van der Waals surface area contributed by atoms with Gasteiger partial charge in [-0.2, -0.15) is 0 Å². The highest BCUT2D eigenvalue weighted by atomic mass is 16.5. The second-order valence-corrected chi connectivity index (χ2v) is 8.44. The van der Waals surface area contributed by atoms with Crippen molar-refractivity contribution < 1.29 is 18.7 Å². The van der Waals surface area contributed by atoms with Crippen molar-refractivity contribution in [3.05, 3.63) is 84.3 Å². The molecule has 1 aliphatic heterocycles. The van der Waals surface area contributed by atoms with Gasteiger partial charge in [-0.25, -0.2) is 4.98 Å². The van der Waals surface area contributed by atoms with Gasteiger partial charge in [-0.1, -0.05) is 12.1 Å². The zero-order valence-electron chi connectivity index (χ0n) is 19.1. The molecule has 0 radical (unpaired) electrons. The van der Waals surface area contributed by atoms with E-state index in [1.807, 2.05) is 41.3 Å². The molecular weight excluding hydrogens is 430 g/mol. The molecule has 2 aromatic carbocycles. The smallest absolute Gasteiger partial charge is 0.257 e. The minimum atomic E-state index is -0.0545. The molecule has 1 unspecified atom stereocenters. The number of aromatic nitrogens is 1. The predicted octanol–water partition coefficient (Wildman–Crippen LogP) is 4.91. The molecular formula is C27H27N3O4. The lowest BCUT2D eigenvalue weighted by Crippen LogP contribution is -2.36. The van der Waals surface area contributed by atoms with Crippen LogP contribution in [0.2, 0.25) is 0 Å². The van der Waals surface area contributed by atoms with Gasteiger partial charge in [0.25, 0.3) is 5.91 Å². The lowest BCUT2D eigenvalue weighted by atomic mass is 9.98. The fraction of sp³-hybridized carbons (Fsp3) is 0.259. The minimum Gasteiger partial charge on any atom is -0.497 e. The monoisotopic (exact) mass is 457 g/mol. The Bertz CT molecular complexity index is 1270. The third kappa shape index (κ3) is 4.89. The summed E-state index contributed by atoms with van der Waals surface area (Å²) < 4.78 is 16.6. The molecule has 5 rings (SSSR count). The maximum Gasteiger partial charge on any atom is 0.257 e. The van der Waals surface area contributed by atoms with E-state index in [4.69, 9.17) is 13.9 Å². The van der Waals surface area contributed by atoms with Gasteiger partial charge >= 0.3 is 0 Å². The van der Waals surface area contributed by atoms with Crippen molar-refractivity contribution in [1.82, 2.24) is 9.88 Å². The van der Waals surface area contributed by atoms with E-state index >= 15 is 0 Å². The van der Waals surface area contributed by atoms with Crippen LogP contribution in [0.15, 0.2) is 77.5 Å². The minimum absolute atomic E-state index is 0.0545. The van der Waals surface area contributed by atoms with Gasteiger partial charge < -0.3 is 24.1 Å². The quantitative estimate of drug-likeness (QED) is 0.443. The molecule has 1 amide bonds. The Labute approximate surface area is 198 Å². The summed E-state index contributed by atoms with van der Waals surface area (Å²) in [7, 11) is 1.63. The Morgan fingerprint density at radius 3 is 2.91 bits per heavy atom. The summed E-state index contributed by atoms with van der Waals surface area (Å²) in [5, 5.41) is 4.36. The van der Waals surface area contributed by atoms with Gasteiger partial charge in [0.1, 0.15) is 17.2 Å². The first-order valence-electron chi connectivity index (χ1n) is 11.4. The first-order valence-corrected chi connectivity index (χ1v) is 11.4. The standard InChI is InChI=1S/C27H27N3O4/c1-32-23-8-6-22(7-9-23)29-26-24(3-2-11-28-26)27(31)30-12-14-33-18-20(17-30)15-19-4-5-21-10-13-34-25(21)16-19/h2-11,13,16,20H,12,14-15,17-18H2,1H3,(H,28,29). The molecule has 1 N–H and O–H groups in total. The molecule has 0 aliphatic carbocycles. The number of methoxy groups -OCH3 is 1. The van der Waals surface area contributed by atoms with Gasteiger partial charge in [0.05, 0.1) is 32.2 Å². The third-order valence-electron chi connectivity index (χ3n) is 6.06. The summed E-state index contributed by atoms with van der Waals surface area (Å²) in [5.41, 5.74) is 3.42. The number of fused-ring (bicyclic) bond motifs is 1. The van der Waals surface area contributed by atoms with Crippen LogP contribution in [0, 0.1) is 5.92 Å². The summed E-state index contributed by atoms with van der Waals surface area (Å²) in [5.74, 6) is 1.43. The first-order chi connectivity index (χ1) is 16.7. The van der Waals surface area contributed by atoms with Crippen LogP contribution in [0.3, 0.4) is 0 Å². The molecule has 0 saturated carbocycles. The number of pyridine rings is 1. The molecule has 1 atom stereocenters. The van der Waals surface area contributed by atoms with Crippen molar-refractivity contribution in [3.63, 3.8) is 0 Å². The van der Waals surface area contributed by atoms with Crippen LogP contribution >= 0.6 is 0 Å². The summed E-state index contributed by atoms with van der Waals surface area (Å²) in [4.78, 5) is 19.9. The number of anilines is 2. The Morgan fingerprint density at radius 2 is 2.06 bits per heavy atom. The van der Waals surface area contributed by atoms with Crippen LogP contribution < -0.4 is 10.1 Å². The van der Waals surface area contributed by atoms with Crippen LogP contribution in [-0.2, 0) is 11.2 Å². The highest BCUT2D eigenvalue weighted by Crippen LogP contribution is 2.24. The first kappa shape index (κ1) is 22.0. The molecule has 34 heavy (non-hydrogen) atoms. The second-order valence-electron chi connectivity index (χ2n) is 8.44. The largest absolute Gasteiger partial charge is 0.497 e. The number of furan rings is 1. The number of hydrogen-bond donors (Lipinski definition) is 1. The van der Waals surface area contributed by atoms with E-state index in [2.05, 4.69) is 28.5 Å². The summed E-state index contributed by atoms with van der Waals surface area (Å²) in [6.07, 6.45) is 4.20. The van der Waals surface area contributed by atoms with Crippen molar-refractivity contribution in [1.29, 1.82) is 0 Å². The molecule has 3 heterocycles. The van der Waals surface area contributed by atoms with E-state index in [9.17, 15) is 4.79 Å². The summed E-state index contributed by atoms with van der Waals surface area (Å²) in [6.45, 7) is 2.29. The molecule has 0 bridgehead atoms. The zero-order valence-corrected chi connectivity index (χ0v) is 19.1. The molecule has 0 spiro atoms. The van der Waals surface area contributed by atoms with E-state index in [1.165, 1.54) is 5.56 Å². The van der Waals surface area contributed by atoms with Crippen LogP contribution in [0.4, 0.5) is 11.5 Å². The lowest BCUT2D eigenvalue weighted by molar-refractivity contribution is 0.0738. The van der Waals surface area contributed by atoms with E-state index in [-0.39, 0.29) is 11.8 Å². The molecule has 7 nitrogen and oxygen atoms in total. The Hall–Kier alpha value is -3.84. The van der Waals surface area contributed by atoms with Crippen molar-refractivity contribution in [2.45, 2.75) is 6.42 Å². The average molecular weight is 458 g/mol. The fourth-order valence-corrected chi connectivity index (χ4v) is 4.31. The van der Waals surface area contributed by atoms with Gasteiger partial charge in [-0.05, 0) is 60.5 Å².